The molecule has 1 saturated heterocycles. The quantitative estimate of drug-likeness (QED) is 0.798. The molecule has 3 aromatic rings. The van der Waals surface area contributed by atoms with Gasteiger partial charge in [0.2, 0.25) is 5.88 Å². The summed E-state index contributed by atoms with van der Waals surface area (Å²) in [5, 5.41) is 9.81. The average Bonchev–Trinajstić information content (AvgIpc) is 3.07. The Morgan fingerprint density at radius 2 is 2.13 bits per heavy atom. The van der Waals surface area contributed by atoms with Crippen LogP contribution in [0, 0.1) is 6.92 Å². The molecule has 1 aliphatic heterocycles. The molecule has 0 atom stereocenters. The van der Waals surface area contributed by atoms with Crippen molar-refractivity contribution >= 4 is 16.2 Å². The summed E-state index contributed by atoms with van der Waals surface area (Å²) in [5.74, 6) is 0.0850. The third kappa shape index (κ3) is 2.71. The second-order valence-electron chi connectivity index (χ2n) is 5.72. The predicted molar refractivity (Wildman–Crippen MR) is 88.8 cm³/mol. The van der Waals surface area contributed by atoms with Crippen molar-refractivity contribution in [3.05, 3.63) is 35.2 Å². The molecule has 0 spiro atoms. The molecule has 4 heterocycles. The highest BCUT2D eigenvalue weighted by Crippen LogP contribution is 2.35. The molecule has 0 aliphatic carbocycles. The van der Waals surface area contributed by atoms with Crippen molar-refractivity contribution in [2.45, 2.75) is 13.5 Å². The minimum absolute atomic E-state index is 0.0850. The fourth-order valence-electron chi connectivity index (χ4n) is 3.01. The monoisotopic (exact) mass is 330 g/mol. The van der Waals surface area contributed by atoms with E-state index in [4.69, 9.17) is 4.74 Å². The Kier molecular flexibility index (Phi) is 3.76. The lowest BCUT2D eigenvalue weighted by Gasteiger charge is -2.26. The molecule has 3 aromatic heterocycles. The van der Waals surface area contributed by atoms with Gasteiger partial charge in [-0.3, -0.25) is 14.3 Å². The number of imidazole rings is 1. The van der Waals surface area contributed by atoms with Crippen molar-refractivity contribution in [3.63, 3.8) is 0 Å². The number of hydrogen-bond donors (Lipinski definition) is 1. The van der Waals surface area contributed by atoms with E-state index in [1.54, 1.807) is 17.7 Å². The van der Waals surface area contributed by atoms with E-state index in [9.17, 15) is 5.11 Å². The normalized spacial score (nSPS) is 16.2. The zero-order chi connectivity index (χ0) is 15.8. The lowest BCUT2D eigenvalue weighted by atomic mass is 10.1. The molecule has 1 aliphatic rings. The number of hydrogen-bond acceptors (Lipinski definition) is 6. The van der Waals surface area contributed by atoms with Crippen LogP contribution in [0.15, 0.2) is 24.8 Å². The summed E-state index contributed by atoms with van der Waals surface area (Å²) in [6, 6.07) is 2.17. The van der Waals surface area contributed by atoms with Crippen molar-refractivity contribution < 1.29 is 9.84 Å². The second kappa shape index (κ2) is 5.92. The van der Waals surface area contributed by atoms with Gasteiger partial charge in [-0.2, -0.15) is 0 Å². The maximum absolute atomic E-state index is 9.81. The summed E-state index contributed by atoms with van der Waals surface area (Å²) in [6.07, 6.45) is 5.45. The molecule has 4 rings (SSSR count). The number of aryl methyl sites for hydroxylation is 1. The first-order valence-corrected chi connectivity index (χ1v) is 8.44. The number of morpholine rings is 1. The molecule has 6 nitrogen and oxygen atoms in total. The van der Waals surface area contributed by atoms with Crippen LogP contribution in [0.4, 0.5) is 0 Å². The first-order chi connectivity index (χ1) is 11.2. The molecule has 0 saturated carbocycles. The van der Waals surface area contributed by atoms with Crippen LogP contribution in [0.1, 0.15) is 10.4 Å². The summed E-state index contributed by atoms with van der Waals surface area (Å²) < 4.78 is 7.33. The third-order valence-electron chi connectivity index (χ3n) is 4.11. The van der Waals surface area contributed by atoms with Gasteiger partial charge in [0, 0.05) is 42.5 Å². The molecule has 1 N–H and O–H groups in total. The zero-order valence-electron chi connectivity index (χ0n) is 12.9. The van der Waals surface area contributed by atoms with Crippen LogP contribution in [-0.2, 0) is 11.3 Å². The fourth-order valence-corrected chi connectivity index (χ4v) is 3.99. The van der Waals surface area contributed by atoms with Gasteiger partial charge in [0.25, 0.3) is 0 Å². The highest BCUT2D eigenvalue weighted by Gasteiger charge is 2.16. The molecule has 1 fully saturated rings. The number of thiazole rings is 1. The van der Waals surface area contributed by atoms with Crippen LogP contribution >= 0.6 is 11.3 Å². The molecule has 0 radical (unpaired) electrons. The zero-order valence-corrected chi connectivity index (χ0v) is 13.7. The van der Waals surface area contributed by atoms with Gasteiger partial charge >= 0.3 is 0 Å². The van der Waals surface area contributed by atoms with E-state index in [0.717, 1.165) is 53.8 Å². The molecule has 0 aromatic carbocycles. The van der Waals surface area contributed by atoms with Crippen molar-refractivity contribution in [1.82, 2.24) is 19.3 Å². The molecule has 23 heavy (non-hydrogen) atoms. The maximum atomic E-state index is 9.81. The van der Waals surface area contributed by atoms with Gasteiger partial charge in [-0.1, -0.05) is 0 Å². The van der Waals surface area contributed by atoms with Crippen LogP contribution in [-0.4, -0.2) is 50.7 Å². The minimum atomic E-state index is 0.0850. The van der Waals surface area contributed by atoms with E-state index in [-0.39, 0.29) is 5.88 Å². The van der Waals surface area contributed by atoms with Crippen molar-refractivity contribution in [1.29, 1.82) is 0 Å². The Labute approximate surface area is 138 Å². The summed E-state index contributed by atoms with van der Waals surface area (Å²) in [7, 11) is 0. The fraction of sp³-hybridized carbons (Fsp3) is 0.375. The largest absolute Gasteiger partial charge is 0.491 e. The standard InChI is InChI=1S/C16H18N4O2S/c1-11-14(20-10-18-15(21)16(20)23-11)13-6-12(7-17-8-13)9-19-2-4-22-5-3-19/h6-8,10,21H,2-5,9H2,1H3. The van der Waals surface area contributed by atoms with Crippen molar-refractivity contribution in [3.8, 4) is 17.1 Å². The van der Waals surface area contributed by atoms with Gasteiger partial charge < -0.3 is 9.84 Å². The Bertz CT molecular complexity index is 836. The summed E-state index contributed by atoms with van der Waals surface area (Å²) in [4.78, 5) is 12.7. The Morgan fingerprint density at radius 1 is 1.30 bits per heavy atom. The van der Waals surface area contributed by atoms with Crippen LogP contribution in [0.25, 0.3) is 16.1 Å². The van der Waals surface area contributed by atoms with Crippen LogP contribution in [0.2, 0.25) is 0 Å². The topological polar surface area (TPSA) is 62.9 Å². The Balaban J connectivity index is 1.68. The highest BCUT2D eigenvalue weighted by molar-refractivity contribution is 7.18. The van der Waals surface area contributed by atoms with E-state index in [1.165, 1.54) is 5.56 Å². The molecular formula is C16H18N4O2S. The van der Waals surface area contributed by atoms with Gasteiger partial charge in [0.15, 0.2) is 4.83 Å². The van der Waals surface area contributed by atoms with E-state index in [2.05, 4.69) is 27.9 Å². The van der Waals surface area contributed by atoms with Crippen molar-refractivity contribution in [2.24, 2.45) is 0 Å². The average molecular weight is 330 g/mol. The van der Waals surface area contributed by atoms with Gasteiger partial charge in [-0.15, -0.1) is 11.3 Å². The molecule has 0 bridgehead atoms. The van der Waals surface area contributed by atoms with Gasteiger partial charge in [0.1, 0.15) is 6.33 Å². The lowest BCUT2D eigenvalue weighted by molar-refractivity contribution is 0.0341. The van der Waals surface area contributed by atoms with Crippen LogP contribution in [0.5, 0.6) is 5.88 Å². The van der Waals surface area contributed by atoms with E-state index in [1.807, 2.05) is 16.8 Å². The number of rotatable bonds is 3. The van der Waals surface area contributed by atoms with E-state index < -0.39 is 0 Å². The first-order valence-electron chi connectivity index (χ1n) is 7.62. The second-order valence-corrected chi connectivity index (χ2v) is 6.92. The summed E-state index contributed by atoms with van der Waals surface area (Å²) >= 11 is 1.54. The Hall–Kier alpha value is -1.96. The maximum Gasteiger partial charge on any atom is 0.248 e. The predicted octanol–water partition coefficient (Wildman–Crippen LogP) is 2.30. The SMILES string of the molecule is Cc1sc2c(O)ncn2c1-c1cncc(CN2CCOCC2)c1. The van der Waals surface area contributed by atoms with Crippen LogP contribution < -0.4 is 0 Å². The number of fused-ring (bicyclic) bond motifs is 1. The smallest absolute Gasteiger partial charge is 0.248 e. The molecule has 0 amide bonds. The number of aromatic nitrogens is 3. The van der Waals surface area contributed by atoms with Crippen molar-refractivity contribution in [2.75, 3.05) is 26.3 Å². The number of pyridine rings is 1. The van der Waals surface area contributed by atoms with Gasteiger partial charge in [0.05, 0.1) is 18.9 Å². The van der Waals surface area contributed by atoms with Gasteiger partial charge in [-0.25, -0.2) is 4.98 Å². The van der Waals surface area contributed by atoms with Gasteiger partial charge in [-0.05, 0) is 18.6 Å². The Morgan fingerprint density at radius 3 is 2.96 bits per heavy atom. The molecule has 7 heteroatoms. The summed E-state index contributed by atoms with van der Waals surface area (Å²) in [6.45, 7) is 6.45. The molecular weight excluding hydrogens is 312 g/mol. The number of nitrogens with zero attached hydrogens (tertiary/aromatic N) is 4. The summed E-state index contributed by atoms with van der Waals surface area (Å²) in [5.41, 5.74) is 3.29. The molecule has 120 valence electrons. The first kappa shape index (κ1) is 14.6. The number of ether oxygens (including phenoxy) is 1. The third-order valence-corrected chi connectivity index (χ3v) is 5.18. The lowest BCUT2D eigenvalue weighted by Crippen LogP contribution is -2.35. The number of aromatic hydroxyl groups is 1. The minimum Gasteiger partial charge on any atom is -0.491 e. The van der Waals surface area contributed by atoms with E-state index >= 15 is 0 Å². The van der Waals surface area contributed by atoms with E-state index in [0.29, 0.717) is 0 Å². The molecule has 0 unspecified atom stereocenters. The highest BCUT2D eigenvalue weighted by atomic mass is 32.1. The van der Waals surface area contributed by atoms with Crippen LogP contribution in [0.3, 0.4) is 0 Å².